The number of hydrogen-bond donors (Lipinski definition) is 2. The fourth-order valence-electron chi connectivity index (χ4n) is 1.60. The van der Waals surface area contributed by atoms with Crippen molar-refractivity contribution in [1.29, 1.82) is 0 Å². The molecule has 0 bridgehead atoms. The number of halogens is 1. The first kappa shape index (κ1) is 14.6. The van der Waals surface area contributed by atoms with E-state index in [2.05, 4.69) is 20.7 Å². The number of benzene rings is 1. The predicted molar refractivity (Wildman–Crippen MR) is 75.4 cm³/mol. The SMILES string of the molecule is Cc1oc(C(=O)O)cc1S(=O)(=O)Nc1cccc(Br)c1. The van der Waals surface area contributed by atoms with Crippen molar-refractivity contribution in [2.45, 2.75) is 11.8 Å². The van der Waals surface area contributed by atoms with Gasteiger partial charge in [0.2, 0.25) is 5.76 Å². The Labute approximate surface area is 123 Å². The third-order valence-electron chi connectivity index (χ3n) is 2.45. The molecule has 0 spiro atoms. The van der Waals surface area contributed by atoms with Crippen LogP contribution in [0, 0.1) is 6.92 Å². The Morgan fingerprint density at radius 1 is 1.35 bits per heavy atom. The molecule has 1 aromatic heterocycles. The minimum absolute atomic E-state index is 0.0184. The molecule has 0 aliphatic heterocycles. The minimum atomic E-state index is -3.90. The zero-order chi connectivity index (χ0) is 14.9. The number of carboxylic acids is 1. The Morgan fingerprint density at radius 3 is 2.60 bits per heavy atom. The molecule has 2 rings (SSSR count). The monoisotopic (exact) mass is 359 g/mol. The van der Waals surface area contributed by atoms with Gasteiger partial charge >= 0.3 is 5.97 Å². The number of sulfonamides is 1. The third kappa shape index (κ3) is 3.02. The van der Waals surface area contributed by atoms with Gasteiger partial charge in [-0.05, 0) is 25.1 Å². The molecule has 106 valence electrons. The number of carbonyl (C=O) groups is 1. The van der Waals surface area contributed by atoms with E-state index in [9.17, 15) is 13.2 Å². The summed E-state index contributed by atoms with van der Waals surface area (Å²) in [7, 11) is -3.90. The predicted octanol–water partition coefficient (Wildman–Crippen LogP) is 2.85. The molecule has 1 aromatic carbocycles. The van der Waals surface area contributed by atoms with Gasteiger partial charge in [0.15, 0.2) is 0 Å². The summed E-state index contributed by atoms with van der Waals surface area (Å²) in [5.74, 6) is -1.72. The fraction of sp³-hybridized carbons (Fsp3) is 0.0833. The number of furan rings is 1. The summed E-state index contributed by atoms with van der Waals surface area (Å²) in [5.41, 5.74) is 0.358. The van der Waals surface area contributed by atoms with Crippen LogP contribution in [0.1, 0.15) is 16.3 Å². The van der Waals surface area contributed by atoms with Crippen molar-refractivity contribution in [3.63, 3.8) is 0 Å². The van der Waals surface area contributed by atoms with E-state index in [1.54, 1.807) is 24.3 Å². The average molecular weight is 360 g/mol. The molecule has 0 atom stereocenters. The quantitative estimate of drug-likeness (QED) is 0.874. The maximum atomic E-state index is 12.2. The highest BCUT2D eigenvalue weighted by atomic mass is 79.9. The van der Waals surface area contributed by atoms with Crippen molar-refractivity contribution in [1.82, 2.24) is 0 Å². The lowest BCUT2D eigenvalue weighted by molar-refractivity contribution is 0.0661. The molecule has 0 unspecified atom stereocenters. The Morgan fingerprint density at radius 2 is 2.05 bits per heavy atom. The molecule has 0 aliphatic carbocycles. The Kier molecular flexibility index (Phi) is 3.87. The number of anilines is 1. The minimum Gasteiger partial charge on any atom is -0.475 e. The molecule has 1 heterocycles. The van der Waals surface area contributed by atoms with Gasteiger partial charge in [-0.3, -0.25) is 4.72 Å². The molecule has 0 saturated heterocycles. The number of aryl methyl sites for hydroxylation is 1. The first-order valence-corrected chi connectivity index (χ1v) is 7.69. The number of rotatable bonds is 4. The van der Waals surface area contributed by atoms with Crippen LogP contribution in [0.25, 0.3) is 0 Å². The molecule has 0 amide bonds. The molecule has 8 heteroatoms. The van der Waals surface area contributed by atoms with Crippen LogP contribution in [-0.4, -0.2) is 19.5 Å². The van der Waals surface area contributed by atoms with E-state index in [1.165, 1.54) is 6.92 Å². The van der Waals surface area contributed by atoms with E-state index < -0.39 is 21.8 Å². The van der Waals surface area contributed by atoms with Gasteiger partial charge in [0, 0.05) is 16.2 Å². The molecule has 6 nitrogen and oxygen atoms in total. The van der Waals surface area contributed by atoms with Gasteiger partial charge in [0.25, 0.3) is 10.0 Å². The lowest BCUT2D eigenvalue weighted by atomic mass is 10.3. The van der Waals surface area contributed by atoms with Crippen LogP contribution < -0.4 is 4.72 Å². The maximum absolute atomic E-state index is 12.2. The van der Waals surface area contributed by atoms with E-state index in [1.807, 2.05) is 0 Å². The molecule has 0 aliphatic rings. The van der Waals surface area contributed by atoms with Crippen LogP contribution in [0.4, 0.5) is 5.69 Å². The Bertz CT molecular complexity index is 766. The summed E-state index contributed by atoms with van der Waals surface area (Å²) in [4.78, 5) is 10.6. The normalized spacial score (nSPS) is 11.3. The summed E-state index contributed by atoms with van der Waals surface area (Å²) in [6.45, 7) is 1.39. The smallest absolute Gasteiger partial charge is 0.371 e. The first-order chi connectivity index (χ1) is 9.29. The van der Waals surface area contributed by atoms with Crippen LogP contribution in [0.2, 0.25) is 0 Å². The summed E-state index contributed by atoms with van der Waals surface area (Å²) >= 11 is 3.23. The average Bonchev–Trinajstić information content (AvgIpc) is 2.71. The third-order valence-corrected chi connectivity index (χ3v) is 4.43. The molecular weight excluding hydrogens is 350 g/mol. The van der Waals surface area contributed by atoms with Gasteiger partial charge < -0.3 is 9.52 Å². The highest BCUT2D eigenvalue weighted by Gasteiger charge is 2.23. The lowest BCUT2D eigenvalue weighted by Gasteiger charge is -2.07. The van der Waals surface area contributed by atoms with Crippen molar-refractivity contribution in [3.05, 3.63) is 46.3 Å². The molecule has 2 N–H and O–H groups in total. The highest BCUT2D eigenvalue weighted by molar-refractivity contribution is 9.10. The van der Waals surface area contributed by atoms with E-state index in [-0.39, 0.29) is 10.7 Å². The van der Waals surface area contributed by atoms with E-state index in [4.69, 9.17) is 9.52 Å². The van der Waals surface area contributed by atoms with Gasteiger partial charge in [0.05, 0.1) is 0 Å². The Hall–Kier alpha value is -1.80. The largest absolute Gasteiger partial charge is 0.475 e. The van der Waals surface area contributed by atoms with Crippen molar-refractivity contribution < 1.29 is 22.7 Å². The van der Waals surface area contributed by atoms with E-state index in [0.717, 1.165) is 6.07 Å². The van der Waals surface area contributed by atoms with Gasteiger partial charge in [-0.1, -0.05) is 22.0 Å². The highest BCUT2D eigenvalue weighted by Crippen LogP contribution is 2.24. The summed E-state index contributed by atoms with van der Waals surface area (Å²) in [6.07, 6.45) is 0. The summed E-state index contributed by atoms with van der Waals surface area (Å²) in [6, 6.07) is 7.58. The van der Waals surface area contributed by atoms with Gasteiger partial charge in [0.1, 0.15) is 10.7 Å². The van der Waals surface area contributed by atoms with Crippen LogP contribution in [0.15, 0.2) is 44.1 Å². The van der Waals surface area contributed by atoms with Gasteiger partial charge in [-0.15, -0.1) is 0 Å². The second-order valence-electron chi connectivity index (χ2n) is 3.95. The van der Waals surface area contributed by atoms with E-state index in [0.29, 0.717) is 10.2 Å². The zero-order valence-corrected chi connectivity index (χ0v) is 12.7. The van der Waals surface area contributed by atoms with Crippen LogP contribution in [0.3, 0.4) is 0 Å². The second-order valence-corrected chi connectivity index (χ2v) is 6.52. The number of carboxylic acid groups (broad SMARTS) is 1. The van der Waals surface area contributed by atoms with Crippen molar-refractivity contribution >= 4 is 37.6 Å². The van der Waals surface area contributed by atoms with Crippen LogP contribution in [0.5, 0.6) is 0 Å². The molecular formula is C12H10BrNO5S. The van der Waals surface area contributed by atoms with Crippen molar-refractivity contribution in [2.24, 2.45) is 0 Å². The first-order valence-electron chi connectivity index (χ1n) is 5.42. The summed E-state index contributed by atoms with van der Waals surface area (Å²) < 4.78 is 32.3. The van der Waals surface area contributed by atoms with Crippen LogP contribution >= 0.6 is 15.9 Å². The lowest BCUT2D eigenvalue weighted by Crippen LogP contribution is -2.13. The van der Waals surface area contributed by atoms with Gasteiger partial charge in [-0.25, -0.2) is 13.2 Å². The van der Waals surface area contributed by atoms with Gasteiger partial charge in [-0.2, -0.15) is 0 Å². The molecule has 0 saturated carbocycles. The zero-order valence-electron chi connectivity index (χ0n) is 10.3. The van der Waals surface area contributed by atoms with Crippen molar-refractivity contribution in [2.75, 3.05) is 4.72 Å². The summed E-state index contributed by atoms with van der Waals surface area (Å²) in [5, 5.41) is 8.80. The second kappa shape index (κ2) is 5.29. The molecule has 0 fully saturated rings. The maximum Gasteiger partial charge on any atom is 0.371 e. The molecule has 2 aromatic rings. The number of hydrogen-bond acceptors (Lipinski definition) is 4. The molecule has 0 radical (unpaired) electrons. The van der Waals surface area contributed by atoms with Crippen molar-refractivity contribution in [3.8, 4) is 0 Å². The Balaban J connectivity index is 2.38. The number of aromatic carboxylic acids is 1. The van der Waals surface area contributed by atoms with Crippen LogP contribution in [-0.2, 0) is 10.0 Å². The van der Waals surface area contributed by atoms with E-state index >= 15 is 0 Å². The standard InChI is InChI=1S/C12H10BrNO5S/c1-7-11(6-10(19-7)12(15)16)20(17,18)14-9-4-2-3-8(13)5-9/h2-6,14H,1H3,(H,15,16). The topological polar surface area (TPSA) is 96.6 Å². The number of nitrogens with one attached hydrogen (secondary N) is 1. The molecule has 20 heavy (non-hydrogen) atoms. The fourth-order valence-corrected chi connectivity index (χ4v) is 3.23.